The standard InChI is InChI=1S/C11H15ClN2O3/c1-7-5-9(12)14(16)6-8(7)13-10(15)17-11(2,3)4/h5-6H,1-4H3,(H-,13,15,16)/p+1. The zero-order valence-electron chi connectivity index (χ0n) is 10.2. The molecule has 17 heavy (non-hydrogen) atoms. The van der Waals surface area contributed by atoms with Crippen molar-refractivity contribution in [2.45, 2.75) is 33.3 Å². The van der Waals surface area contributed by atoms with Crippen LogP contribution in [0.2, 0.25) is 5.15 Å². The summed E-state index contributed by atoms with van der Waals surface area (Å²) >= 11 is 5.70. The molecule has 5 nitrogen and oxygen atoms in total. The molecule has 2 N–H and O–H groups in total. The van der Waals surface area contributed by atoms with Crippen molar-refractivity contribution >= 4 is 23.4 Å². The summed E-state index contributed by atoms with van der Waals surface area (Å²) in [5.41, 5.74) is 0.594. The van der Waals surface area contributed by atoms with E-state index < -0.39 is 11.7 Å². The maximum absolute atomic E-state index is 11.5. The maximum Gasteiger partial charge on any atom is 0.412 e. The summed E-state index contributed by atoms with van der Waals surface area (Å²) in [6, 6.07) is 1.54. The second kappa shape index (κ2) is 4.79. The number of carbonyl (C=O) groups is 1. The SMILES string of the molecule is Cc1cc(Cl)[n+](O)cc1NC(=O)OC(C)(C)C. The Kier molecular flexibility index (Phi) is 3.83. The smallest absolute Gasteiger partial charge is 0.412 e. The molecule has 94 valence electrons. The third-order valence-electron chi connectivity index (χ3n) is 1.87. The highest BCUT2D eigenvalue weighted by molar-refractivity contribution is 6.28. The van der Waals surface area contributed by atoms with E-state index in [1.807, 2.05) is 0 Å². The lowest BCUT2D eigenvalue weighted by molar-refractivity contribution is -0.902. The van der Waals surface area contributed by atoms with Crippen molar-refractivity contribution in [3.8, 4) is 0 Å². The lowest BCUT2D eigenvalue weighted by Crippen LogP contribution is -2.33. The van der Waals surface area contributed by atoms with Gasteiger partial charge in [0.1, 0.15) is 11.3 Å². The Labute approximate surface area is 105 Å². The fourth-order valence-corrected chi connectivity index (χ4v) is 1.37. The van der Waals surface area contributed by atoms with E-state index in [1.165, 1.54) is 12.3 Å². The van der Waals surface area contributed by atoms with Crippen molar-refractivity contribution in [1.29, 1.82) is 0 Å². The van der Waals surface area contributed by atoms with Crippen LogP contribution in [0.25, 0.3) is 0 Å². The first-order valence-electron chi connectivity index (χ1n) is 5.10. The summed E-state index contributed by atoms with van der Waals surface area (Å²) in [5, 5.41) is 12.1. The number of ether oxygens (including phenoxy) is 1. The molecule has 0 saturated carbocycles. The molecular formula is C11H16ClN2O3+. The number of hydrogen-bond donors (Lipinski definition) is 2. The molecule has 1 amide bonds. The minimum Gasteiger partial charge on any atom is -0.444 e. The molecule has 0 aliphatic heterocycles. The van der Waals surface area contributed by atoms with Crippen molar-refractivity contribution in [1.82, 2.24) is 0 Å². The second-order valence-electron chi connectivity index (χ2n) is 4.66. The first-order chi connectivity index (χ1) is 7.69. The summed E-state index contributed by atoms with van der Waals surface area (Å²) in [7, 11) is 0. The predicted octanol–water partition coefficient (Wildman–Crippen LogP) is 2.52. The van der Waals surface area contributed by atoms with E-state index in [1.54, 1.807) is 27.7 Å². The fourth-order valence-electron chi connectivity index (χ4n) is 1.15. The van der Waals surface area contributed by atoms with Gasteiger partial charge in [0.2, 0.25) is 6.20 Å². The molecule has 0 radical (unpaired) electrons. The Balaban J connectivity index is 2.82. The monoisotopic (exact) mass is 259 g/mol. The van der Waals surface area contributed by atoms with Gasteiger partial charge in [-0.3, -0.25) is 10.5 Å². The number of hydrogen-bond acceptors (Lipinski definition) is 3. The number of nitrogens with one attached hydrogen (secondary N) is 1. The minimum atomic E-state index is -0.581. The number of anilines is 1. The highest BCUT2D eigenvalue weighted by Gasteiger charge is 2.19. The Morgan fingerprint density at radius 3 is 2.65 bits per heavy atom. The van der Waals surface area contributed by atoms with Gasteiger partial charge < -0.3 is 4.74 Å². The Hall–Kier alpha value is -1.49. The maximum atomic E-state index is 11.5. The van der Waals surface area contributed by atoms with Crippen LogP contribution >= 0.6 is 11.6 Å². The minimum absolute atomic E-state index is 0.164. The number of pyridine rings is 1. The number of amides is 1. The average molecular weight is 260 g/mol. The van der Waals surface area contributed by atoms with E-state index in [4.69, 9.17) is 16.3 Å². The number of nitrogens with zero attached hydrogens (tertiary/aromatic N) is 1. The lowest BCUT2D eigenvalue weighted by Gasteiger charge is -2.19. The summed E-state index contributed by atoms with van der Waals surface area (Å²) in [6.45, 7) is 7.08. The first-order valence-corrected chi connectivity index (χ1v) is 5.48. The molecule has 0 aliphatic rings. The van der Waals surface area contributed by atoms with Crippen LogP contribution < -0.4 is 10.0 Å². The largest absolute Gasteiger partial charge is 0.444 e. The van der Waals surface area contributed by atoms with E-state index in [0.717, 1.165) is 10.3 Å². The van der Waals surface area contributed by atoms with Gasteiger partial charge in [-0.25, -0.2) is 4.79 Å². The van der Waals surface area contributed by atoms with Gasteiger partial charge in [0.15, 0.2) is 0 Å². The fraction of sp³-hybridized carbons (Fsp3) is 0.455. The second-order valence-corrected chi connectivity index (χ2v) is 5.05. The molecule has 1 rings (SSSR count). The van der Waals surface area contributed by atoms with Gasteiger partial charge in [0.05, 0.1) is 0 Å². The van der Waals surface area contributed by atoms with Crippen LogP contribution in [-0.4, -0.2) is 16.9 Å². The molecular weight excluding hydrogens is 244 g/mol. The molecule has 6 heteroatoms. The van der Waals surface area contributed by atoms with Crippen molar-refractivity contribution < 1.29 is 19.5 Å². The lowest BCUT2D eigenvalue weighted by atomic mass is 10.2. The molecule has 0 atom stereocenters. The Morgan fingerprint density at radius 1 is 1.53 bits per heavy atom. The predicted molar refractivity (Wildman–Crippen MR) is 63.4 cm³/mol. The molecule has 0 unspecified atom stereocenters. The third kappa shape index (κ3) is 4.11. The van der Waals surface area contributed by atoms with Crippen molar-refractivity contribution in [2.75, 3.05) is 5.32 Å². The Bertz CT molecular complexity index is 441. The van der Waals surface area contributed by atoms with Crippen LogP contribution in [0, 0.1) is 6.92 Å². The van der Waals surface area contributed by atoms with E-state index >= 15 is 0 Å². The van der Waals surface area contributed by atoms with Crippen LogP contribution in [-0.2, 0) is 4.74 Å². The quantitative estimate of drug-likeness (QED) is 0.463. The summed E-state index contributed by atoms with van der Waals surface area (Å²) in [4.78, 5) is 11.5. The number of rotatable bonds is 1. The first kappa shape index (κ1) is 13.6. The van der Waals surface area contributed by atoms with Crippen molar-refractivity contribution in [3.63, 3.8) is 0 Å². The van der Waals surface area contributed by atoms with Gasteiger partial charge >= 0.3 is 11.2 Å². The number of aromatic nitrogens is 1. The average Bonchev–Trinajstić information content (AvgIpc) is 2.11. The van der Waals surface area contributed by atoms with Crippen LogP contribution in [0.4, 0.5) is 10.5 Å². The van der Waals surface area contributed by atoms with Gasteiger partial charge in [-0.2, -0.15) is 0 Å². The van der Waals surface area contributed by atoms with Gasteiger partial charge in [0.25, 0.3) is 0 Å². The van der Waals surface area contributed by atoms with E-state index in [2.05, 4.69) is 5.32 Å². The molecule has 0 aliphatic carbocycles. The molecule has 0 fully saturated rings. The number of halogens is 1. The molecule has 1 heterocycles. The highest BCUT2D eigenvalue weighted by Crippen LogP contribution is 2.16. The van der Waals surface area contributed by atoms with Gasteiger partial charge in [0, 0.05) is 10.8 Å². The van der Waals surface area contributed by atoms with Gasteiger partial charge in [-0.15, -0.1) is 0 Å². The zero-order chi connectivity index (χ0) is 13.2. The summed E-state index contributed by atoms with van der Waals surface area (Å²) in [6.07, 6.45) is 0.727. The van der Waals surface area contributed by atoms with Crippen molar-refractivity contribution in [2.24, 2.45) is 0 Å². The molecule has 0 aromatic carbocycles. The topological polar surface area (TPSA) is 62.4 Å². The Morgan fingerprint density at radius 2 is 2.12 bits per heavy atom. The van der Waals surface area contributed by atoms with Crippen LogP contribution in [0.3, 0.4) is 0 Å². The number of aryl methyl sites for hydroxylation is 1. The normalized spacial score (nSPS) is 11.1. The van der Waals surface area contributed by atoms with E-state index in [0.29, 0.717) is 5.69 Å². The van der Waals surface area contributed by atoms with E-state index in [9.17, 15) is 10.0 Å². The number of carbonyl (C=O) groups excluding carboxylic acids is 1. The highest BCUT2D eigenvalue weighted by atomic mass is 35.5. The molecule has 0 saturated heterocycles. The van der Waals surface area contributed by atoms with Crippen LogP contribution in [0.15, 0.2) is 12.3 Å². The van der Waals surface area contributed by atoms with Crippen LogP contribution in [0.5, 0.6) is 0 Å². The molecule has 0 bridgehead atoms. The zero-order valence-corrected chi connectivity index (χ0v) is 11.0. The van der Waals surface area contributed by atoms with Crippen molar-refractivity contribution in [3.05, 3.63) is 23.0 Å². The summed E-state index contributed by atoms with van der Waals surface area (Å²) in [5.74, 6) is 0. The van der Waals surface area contributed by atoms with Crippen LogP contribution in [0.1, 0.15) is 26.3 Å². The van der Waals surface area contributed by atoms with E-state index in [-0.39, 0.29) is 5.15 Å². The third-order valence-corrected chi connectivity index (χ3v) is 2.15. The molecule has 0 spiro atoms. The van der Waals surface area contributed by atoms with Gasteiger partial charge in [-0.05, 0) is 44.9 Å². The van der Waals surface area contributed by atoms with Gasteiger partial charge in [-0.1, -0.05) is 0 Å². The molecule has 1 aromatic rings. The summed E-state index contributed by atoms with van der Waals surface area (Å²) < 4.78 is 5.82. The molecule has 1 aromatic heterocycles.